The first-order valence-electron chi connectivity index (χ1n) is 9.03. The Kier molecular flexibility index (Phi) is 11.3. The van der Waals surface area contributed by atoms with E-state index >= 15 is 0 Å². The van der Waals surface area contributed by atoms with Crippen molar-refractivity contribution in [2.45, 2.75) is 26.3 Å². The first-order valence-corrected chi connectivity index (χ1v) is 9.03. The maximum atomic E-state index is 5.36. The molecule has 148 valence electrons. The van der Waals surface area contributed by atoms with E-state index in [0.29, 0.717) is 6.54 Å². The number of hydrogen-bond donors (Lipinski definition) is 2. The molecule has 2 aromatic carbocycles. The zero-order valence-corrected chi connectivity index (χ0v) is 18.7. The van der Waals surface area contributed by atoms with Gasteiger partial charge in [-0.1, -0.05) is 36.4 Å². The summed E-state index contributed by atoms with van der Waals surface area (Å²) in [5, 5.41) is 6.68. The van der Waals surface area contributed by atoms with Crippen molar-refractivity contribution in [3.05, 3.63) is 59.7 Å². The highest BCUT2D eigenvalue weighted by atomic mass is 127. The zero-order chi connectivity index (χ0) is 18.6. The summed E-state index contributed by atoms with van der Waals surface area (Å²) < 4.78 is 10.6. The van der Waals surface area contributed by atoms with Gasteiger partial charge >= 0.3 is 0 Å². The molecular formula is C21H30IN3O2. The maximum Gasteiger partial charge on any atom is 0.191 e. The van der Waals surface area contributed by atoms with Gasteiger partial charge in [-0.25, -0.2) is 4.99 Å². The van der Waals surface area contributed by atoms with Crippen molar-refractivity contribution in [1.29, 1.82) is 0 Å². The summed E-state index contributed by atoms with van der Waals surface area (Å²) in [5.41, 5.74) is 2.44. The SMILES string of the molecule is CCNC(=NCc1ccccc1)NCCCc1ccc(OC)c(OC)c1.I. The van der Waals surface area contributed by atoms with Gasteiger partial charge in [-0.3, -0.25) is 0 Å². The summed E-state index contributed by atoms with van der Waals surface area (Å²) in [6.45, 7) is 4.44. The first-order chi connectivity index (χ1) is 12.8. The average Bonchev–Trinajstić information content (AvgIpc) is 2.69. The smallest absolute Gasteiger partial charge is 0.191 e. The second-order valence-electron chi connectivity index (χ2n) is 5.90. The number of guanidine groups is 1. The highest BCUT2D eigenvalue weighted by Gasteiger charge is 2.04. The highest BCUT2D eigenvalue weighted by molar-refractivity contribution is 14.0. The van der Waals surface area contributed by atoms with Crippen LogP contribution >= 0.6 is 24.0 Å². The third-order valence-corrected chi connectivity index (χ3v) is 3.99. The van der Waals surface area contributed by atoms with E-state index in [-0.39, 0.29) is 24.0 Å². The van der Waals surface area contributed by atoms with Crippen LogP contribution in [0, 0.1) is 0 Å². The van der Waals surface area contributed by atoms with Crippen LogP contribution in [-0.2, 0) is 13.0 Å². The number of aliphatic imine (C=N–C) groups is 1. The highest BCUT2D eigenvalue weighted by Crippen LogP contribution is 2.27. The molecule has 0 bridgehead atoms. The molecule has 5 nitrogen and oxygen atoms in total. The number of ether oxygens (including phenoxy) is 2. The molecular weight excluding hydrogens is 453 g/mol. The van der Waals surface area contributed by atoms with Crippen LogP contribution in [-0.4, -0.2) is 33.3 Å². The zero-order valence-electron chi connectivity index (χ0n) is 16.3. The van der Waals surface area contributed by atoms with E-state index in [9.17, 15) is 0 Å². The number of benzene rings is 2. The van der Waals surface area contributed by atoms with Crippen LogP contribution in [0.15, 0.2) is 53.5 Å². The minimum atomic E-state index is 0. The molecule has 0 atom stereocenters. The van der Waals surface area contributed by atoms with Crippen LogP contribution in [0.2, 0.25) is 0 Å². The first kappa shape index (κ1) is 23.1. The fourth-order valence-electron chi connectivity index (χ4n) is 2.63. The maximum absolute atomic E-state index is 5.36. The molecule has 0 fully saturated rings. The summed E-state index contributed by atoms with van der Waals surface area (Å²) in [6, 6.07) is 16.3. The van der Waals surface area contributed by atoms with Crippen LogP contribution in [0.25, 0.3) is 0 Å². The Balaban J connectivity index is 0.00000364. The van der Waals surface area contributed by atoms with E-state index in [4.69, 9.17) is 9.47 Å². The van der Waals surface area contributed by atoms with Crippen molar-refractivity contribution in [1.82, 2.24) is 10.6 Å². The predicted octanol–water partition coefficient (Wildman–Crippen LogP) is 4.01. The molecule has 2 rings (SSSR count). The molecule has 0 radical (unpaired) electrons. The fourth-order valence-corrected chi connectivity index (χ4v) is 2.63. The van der Waals surface area contributed by atoms with Gasteiger partial charge in [-0.05, 0) is 43.0 Å². The average molecular weight is 483 g/mol. The van der Waals surface area contributed by atoms with Gasteiger partial charge in [0.1, 0.15) is 0 Å². The number of nitrogens with zero attached hydrogens (tertiary/aromatic N) is 1. The molecule has 6 heteroatoms. The molecule has 0 saturated heterocycles. The van der Waals surface area contributed by atoms with Crippen molar-refractivity contribution >= 4 is 29.9 Å². The van der Waals surface area contributed by atoms with Gasteiger partial charge in [-0.15, -0.1) is 24.0 Å². The van der Waals surface area contributed by atoms with E-state index in [0.717, 1.165) is 43.4 Å². The minimum absolute atomic E-state index is 0. The normalized spacial score (nSPS) is 10.7. The largest absolute Gasteiger partial charge is 0.493 e. The monoisotopic (exact) mass is 483 g/mol. The Labute approximate surface area is 179 Å². The van der Waals surface area contributed by atoms with Crippen molar-refractivity contribution in [3.63, 3.8) is 0 Å². The van der Waals surface area contributed by atoms with Gasteiger partial charge in [0.05, 0.1) is 20.8 Å². The number of rotatable bonds is 9. The lowest BCUT2D eigenvalue weighted by molar-refractivity contribution is 0.354. The van der Waals surface area contributed by atoms with Crippen molar-refractivity contribution < 1.29 is 9.47 Å². The lowest BCUT2D eigenvalue weighted by atomic mass is 10.1. The molecule has 0 unspecified atom stereocenters. The lowest BCUT2D eigenvalue weighted by Gasteiger charge is -2.12. The lowest BCUT2D eigenvalue weighted by Crippen LogP contribution is -2.37. The quantitative estimate of drug-likeness (QED) is 0.245. The van der Waals surface area contributed by atoms with Crippen molar-refractivity contribution in [3.8, 4) is 11.5 Å². The molecule has 27 heavy (non-hydrogen) atoms. The summed E-state index contributed by atoms with van der Waals surface area (Å²) in [6.07, 6.45) is 1.97. The summed E-state index contributed by atoms with van der Waals surface area (Å²) in [5.74, 6) is 2.39. The number of aryl methyl sites for hydroxylation is 1. The van der Waals surface area contributed by atoms with Gasteiger partial charge in [0.2, 0.25) is 0 Å². The third kappa shape index (κ3) is 8.07. The van der Waals surface area contributed by atoms with E-state index < -0.39 is 0 Å². The van der Waals surface area contributed by atoms with E-state index in [2.05, 4.69) is 40.7 Å². The van der Waals surface area contributed by atoms with Crippen LogP contribution in [0.1, 0.15) is 24.5 Å². The second-order valence-corrected chi connectivity index (χ2v) is 5.90. The summed E-state index contributed by atoms with van der Waals surface area (Å²) in [7, 11) is 3.31. The molecule has 0 spiro atoms. The number of methoxy groups -OCH3 is 2. The summed E-state index contributed by atoms with van der Waals surface area (Å²) >= 11 is 0. The topological polar surface area (TPSA) is 54.9 Å². The van der Waals surface area contributed by atoms with Gasteiger partial charge in [-0.2, -0.15) is 0 Å². The van der Waals surface area contributed by atoms with Crippen LogP contribution in [0.3, 0.4) is 0 Å². The molecule has 0 aliphatic carbocycles. The van der Waals surface area contributed by atoms with Crippen molar-refractivity contribution in [2.75, 3.05) is 27.3 Å². The standard InChI is InChI=1S/C21H29N3O2.HI/c1-4-22-21(24-16-18-9-6-5-7-10-18)23-14-8-11-17-12-13-19(25-2)20(15-17)26-3;/h5-7,9-10,12-13,15H,4,8,11,14,16H2,1-3H3,(H2,22,23,24);1H. The number of halogens is 1. The van der Waals surface area contributed by atoms with Gasteiger partial charge in [0.25, 0.3) is 0 Å². The molecule has 0 aromatic heterocycles. The van der Waals surface area contributed by atoms with Gasteiger partial charge in [0.15, 0.2) is 17.5 Å². The molecule has 0 saturated carbocycles. The molecule has 0 aliphatic rings. The summed E-state index contributed by atoms with van der Waals surface area (Å²) in [4.78, 5) is 4.64. The van der Waals surface area contributed by atoms with Gasteiger partial charge in [0, 0.05) is 13.1 Å². The van der Waals surface area contributed by atoms with Crippen molar-refractivity contribution in [2.24, 2.45) is 4.99 Å². The Morgan fingerprint density at radius 2 is 1.67 bits per heavy atom. The Morgan fingerprint density at radius 3 is 2.33 bits per heavy atom. The molecule has 0 amide bonds. The van der Waals surface area contributed by atoms with Crippen LogP contribution in [0.5, 0.6) is 11.5 Å². The fraction of sp³-hybridized carbons (Fsp3) is 0.381. The predicted molar refractivity (Wildman–Crippen MR) is 123 cm³/mol. The molecule has 0 heterocycles. The number of hydrogen-bond acceptors (Lipinski definition) is 3. The Hall–Kier alpha value is -1.96. The van der Waals surface area contributed by atoms with E-state index in [1.165, 1.54) is 11.1 Å². The Morgan fingerprint density at radius 1 is 0.926 bits per heavy atom. The van der Waals surface area contributed by atoms with Gasteiger partial charge < -0.3 is 20.1 Å². The van der Waals surface area contributed by atoms with E-state index in [1.807, 2.05) is 30.3 Å². The number of nitrogens with one attached hydrogen (secondary N) is 2. The van der Waals surface area contributed by atoms with Crippen LogP contribution in [0.4, 0.5) is 0 Å². The minimum Gasteiger partial charge on any atom is -0.493 e. The third-order valence-electron chi connectivity index (χ3n) is 3.99. The Bertz CT molecular complexity index is 693. The molecule has 2 aromatic rings. The molecule has 2 N–H and O–H groups in total. The second kappa shape index (κ2) is 13.2. The van der Waals surface area contributed by atoms with E-state index in [1.54, 1.807) is 14.2 Å². The molecule has 0 aliphatic heterocycles. The van der Waals surface area contributed by atoms with Crippen LogP contribution < -0.4 is 20.1 Å².